The third kappa shape index (κ3) is 4.01. The van der Waals surface area contributed by atoms with Crippen molar-refractivity contribution in [1.29, 1.82) is 0 Å². The van der Waals surface area contributed by atoms with E-state index in [1.54, 1.807) is 12.0 Å². The number of hydrogen-bond acceptors (Lipinski definition) is 4. The van der Waals surface area contributed by atoms with E-state index in [0.29, 0.717) is 24.8 Å². The van der Waals surface area contributed by atoms with E-state index in [2.05, 4.69) is 0 Å². The normalized spacial score (nSPS) is 20.4. The summed E-state index contributed by atoms with van der Waals surface area (Å²) in [7, 11) is 1.59. The van der Waals surface area contributed by atoms with E-state index in [-0.39, 0.29) is 12.1 Å². The zero-order valence-corrected chi connectivity index (χ0v) is 12.5. The lowest BCUT2D eigenvalue weighted by Crippen LogP contribution is -2.52. The van der Waals surface area contributed by atoms with Crippen molar-refractivity contribution in [3.05, 3.63) is 0 Å². The molecular formula is C12H22N2O4S. The van der Waals surface area contributed by atoms with Crippen molar-refractivity contribution in [2.24, 2.45) is 0 Å². The number of rotatable bonds is 6. The Morgan fingerprint density at radius 1 is 1.58 bits per heavy atom. The van der Waals surface area contributed by atoms with Crippen LogP contribution in [-0.4, -0.2) is 70.9 Å². The number of urea groups is 1. The van der Waals surface area contributed by atoms with Crippen molar-refractivity contribution in [1.82, 2.24) is 9.80 Å². The molecule has 0 aliphatic carbocycles. The Bertz CT molecular complexity index is 327. The molecule has 2 amide bonds. The van der Waals surface area contributed by atoms with Crippen LogP contribution in [0.2, 0.25) is 0 Å². The molecule has 1 aliphatic heterocycles. The minimum atomic E-state index is -0.936. The lowest BCUT2D eigenvalue weighted by Gasteiger charge is -2.33. The number of carbonyl (C=O) groups excluding carboxylic acids is 1. The molecular weight excluding hydrogens is 268 g/mol. The van der Waals surface area contributed by atoms with Gasteiger partial charge in [0.1, 0.15) is 6.04 Å². The van der Waals surface area contributed by atoms with Crippen molar-refractivity contribution in [2.45, 2.75) is 32.4 Å². The summed E-state index contributed by atoms with van der Waals surface area (Å²) in [6.45, 7) is 4.91. The highest BCUT2D eigenvalue weighted by molar-refractivity contribution is 7.99. The molecule has 1 aliphatic rings. The maximum absolute atomic E-state index is 12.5. The van der Waals surface area contributed by atoms with Gasteiger partial charge in [-0.1, -0.05) is 6.92 Å². The number of hydrogen-bond donors (Lipinski definition) is 1. The molecule has 0 aromatic heterocycles. The average molecular weight is 290 g/mol. The molecule has 0 saturated carbocycles. The molecule has 1 fully saturated rings. The predicted molar refractivity (Wildman–Crippen MR) is 74.3 cm³/mol. The molecule has 1 N–H and O–H groups in total. The Morgan fingerprint density at radius 2 is 2.26 bits per heavy atom. The summed E-state index contributed by atoms with van der Waals surface area (Å²) < 4.78 is 5.02. The van der Waals surface area contributed by atoms with Crippen LogP contribution < -0.4 is 0 Å². The zero-order chi connectivity index (χ0) is 14.4. The highest BCUT2D eigenvalue weighted by Crippen LogP contribution is 2.23. The van der Waals surface area contributed by atoms with Crippen molar-refractivity contribution >= 4 is 23.8 Å². The lowest BCUT2D eigenvalue weighted by atomic mass is 10.2. The number of methoxy groups -OCH3 is 1. The minimum absolute atomic E-state index is 0.0719. The van der Waals surface area contributed by atoms with E-state index in [1.807, 2.05) is 13.8 Å². The van der Waals surface area contributed by atoms with Crippen LogP contribution in [0, 0.1) is 0 Å². The van der Waals surface area contributed by atoms with E-state index >= 15 is 0 Å². The zero-order valence-electron chi connectivity index (χ0n) is 11.7. The fraction of sp³-hybridized carbons (Fsp3) is 0.833. The first-order valence-corrected chi connectivity index (χ1v) is 7.55. The second-order valence-corrected chi connectivity index (χ2v) is 5.55. The Kier molecular flexibility index (Phi) is 6.44. The van der Waals surface area contributed by atoms with Gasteiger partial charge < -0.3 is 19.6 Å². The molecule has 0 bridgehead atoms. The first kappa shape index (κ1) is 16.1. The van der Waals surface area contributed by atoms with Crippen molar-refractivity contribution < 1.29 is 19.4 Å². The standard InChI is InChI=1S/C12H22N2O4S/c1-4-9(2)13(5-6-18-3)12(17)14-8-19-7-10(14)11(15)16/h9-10H,4-8H2,1-3H3,(H,15,16)/t9?,10-/m0/s1. The summed E-state index contributed by atoms with van der Waals surface area (Å²) >= 11 is 1.47. The quantitative estimate of drug-likeness (QED) is 0.799. The number of amides is 2. The molecule has 6 nitrogen and oxygen atoms in total. The molecule has 1 rings (SSSR count). The van der Waals surface area contributed by atoms with Gasteiger partial charge in [-0.15, -0.1) is 11.8 Å². The molecule has 19 heavy (non-hydrogen) atoms. The van der Waals surface area contributed by atoms with Crippen molar-refractivity contribution in [3.8, 4) is 0 Å². The smallest absolute Gasteiger partial charge is 0.327 e. The summed E-state index contributed by atoms with van der Waals surface area (Å²) in [5.41, 5.74) is 0. The van der Waals surface area contributed by atoms with Crippen LogP contribution in [0.15, 0.2) is 0 Å². The number of ether oxygens (including phenoxy) is 1. The second kappa shape index (κ2) is 7.59. The topological polar surface area (TPSA) is 70.1 Å². The molecule has 0 aromatic carbocycles. The van der Waals surface area contributed by atoms with Crippen molar-refractivity contribution in [3.63, 3.8) is 0 Å². The maximum atomic E-state index is 12.5. The number of nitrogens with zero attached hydrogens (tertiary/aromatic N) is 2. The number of carbonyl (C=O) groups is 2. The predicted octanol–water partition coefficient (Wildman–Crippen LogP) is 1.31. The van der Waals surface area contributed by atoms with Gasteiger partial charge in [-0.2, -0.15) is 0 Å². The van der Waals surface area contributed by atoms with Crippen molar-refractivity contribution in [2.75, 3.05) is 31.9 Å². The molecule has 1 heterocycles. The first-order chi connectivity index (χ1) is 9.02. The summed E-state index contributed by atoms with van der Waals surface area (Å²) in [6, 6.07) is -0.849. The van der Waals surface area contributed by atoms with Gasteiger partial charge in [0.2, 0.25) is 0 Å². The fourth-order valence-electron chi connectivity index (χ4n) is 1.92. The van der Waals surface area contributed by atoms with Gasteiger partial charge in [-0.3, -0.25) is 0 Å². The van der Waals surface area contributed by atoms with Gasteiger partial charge in [0.05, 0.1) is 12.5 Å². The number of thioether (sulfide) groups is 1. The van der Waals surface area contributed by atoms with Crippen LogP contribution in [0.25, 0.3) is 0 Å². The first-order valence-electron chi connectivity index (χ1n) is 6.39. The Balaban J connectivity index is 2.77. The van der Waals surface area contributed by atoms with Crippen LogP contribution in [0.3, 0.4) is 0 Å². The maximum Gasteiger partial charge on any atom is 0.327 e. The van der Waals surface area contributed by atoms with Gasteiger partial charge in [0.25, 0.3) is 0 Å². The molecule has 1 saturated heterocycles. The molecule has 7 heteroatoms. The van der Waals surface area contributed by atoms with E-state index in [1.165, 1.54) is 16.7 Å². The van der Waals surface area contributed by atoms with Gasteiger partial charge in [0, 0.05) is 25.4 Å². The molecule has 0 aromatic rings. The van der Waals surface area contributed by atoms with E-state index in [4.69, 9.17) is 9.84 Å². The van der Waals surface area contributed by atoms with Crippen LogP contribution in [0.5, 0.6) is 0 Å². The number of aliphatic carboxylic acids is 1. The largest absolute Gasteiger partial charge is 0.480 e. The highest BCUT2D eigenvalue weighted by atomic mass is 32.2. The SMILES string of the molecule is CCC(C)N(CCOC)C(=O)N1CSC[C@H]1C(=O)O. The van der Waals surface area contributed by atoms with E-state index in [0.717, 1.165) is 6.42 Å². The van der Waals surface area contributed by atoms with Gasteiger partial charge >= 0.3 is 12.0 Å². The average Bonchev–Trinajstić information content (AvgIpc) is 2.87. The van der Waals surface area contributed by atoms with Crippen LogP contribution in [-0.2, 0) is 9.53 Å². The summed E-state index contributed by atoms with van der Waals surface area (Å²) in [5.74, 6) is -0.0377. The van der Waals surface area contributed by atoms with Gasteiger partial charge in [-0.05, 0) is 13.3 Å². The Morgan fingerprint density at radius 3 is 2.79 bits per heavy atom. The van der Waals surface area contributed by atoms with Crippen LogP contribution in [0.1, 0.15) is 20.3 Å². The summed E-state index contributed by atoms with van der Waals surface area (Å²) in [5, 5.41) is 9.14. The Labute approximate surface area is 118 Å². The number of carboxylic acid groups (broad SMARTS) is 1. The monoisotopic (exact) mass is 290 g/mol. The van der Waals surface area contributed by atoms with E-state index in [9.17, 15) is 9.59 Å². The second-order valence-electron chi connectivity index (χ2n) is 4.55. The van der Waals surface area contributed by atoms with Crippen LogP contribution in [0.4, 0.5) is 4.79 Å². The Hall–Kier alpha value is -0.950. The van der Waals surface area contributed by atoms with Gasteiger partial charge in [-0.25, -0.2) is 9.59 Å². The summed E-state index contributed by atoms with van der Waals surface area (Å²) in [4.78, 5) is 26.8. The third-order valence-corrected chi connectivity index (χ3v) is 4.33. The lowest BCUT2D eigenvalue weighted by molar-refractivity contribution is -0.141. The summed E-state index contributed by atoms with van der Waals surface area (Å²) in [6.07, 6.45) is 0.828. The molecule has 2 atom stereocenters. The molecule has 110 valence electrons. The highest BCUT2D eigenvalue weighted by Gasteiger charge is 2.37. The molecule has 1 unspecified atom stereocenters. The fourth-order valence-corrected chi connectivity index (χ4v) is 3.05. The minimum Gasteiger partial charge on any atom is -0.480 e. The van der Waals surface area contributed by atoms with Crippen LogP contribution >= 0.6 is 11.8 Å². The molecule has 0 radical (unpaired) electrons. The third-order valence-electron chi connectivity index (χ3n) is 3.32. The molecule has 0 spiro atoms. The van der Waals surface area contributed by atoms with Gasteiger partial charge in [0.15, 0.2) is 0 Å². The number of carboxylic acids is 1. The van der Waals surface area contributed by atoms with E-state index < -0.39 is 12.0 Å².